The van der Waals surface area contributed by atoms with Crippen molar-refractivity contribution in [3.63, 3.8) is 0 Å². The second-order valence-electron chi connectivity index (χ2n) is 6.23. The highest BCUT2D eigenvalue weighted by Crippen LogP contribution is 2.44. The van der Waals surface area contributed by atoms with Crippen LogP contribution in [-0.2, 0) is 14.9 Å². The fraction of sp³-hybridized carbons (Fsp3) is 0.250. The van der Waals surface area contributed by atoms with E-state index < -0.39 is 5.41 Å². The topological polar surface area (TPSA) is 68.3 Å². The summed E-state index contributed by atoms with van der Waals surface area (Å²) in [5.74, 6) is -0.571. The van der Waals surface area contributed by atoms with Crippen molar-refractivity contribution in [1.82, 2.24) is 4.98 Å². The van der Waals surface area contributed by atoms with E-state index in [1.807, 2.05) is 0 Å². The van der Waals surface area contributed by atoms with Crippen LogP contribution in [0, 0.1) is 0 Å². The number of nitrogens with one attached hydrogen (secondary N) is 1. The average molecular weight is 371 g/mol. The SMILES string of the molecule is C=Cc1nc(C2(C(=O)OC)CCC2)ccc1NC(=O)c1cccc(Cl)c1. The van der Waals surface area contributed by atoms with Gasteiger partial charge in [-0.1, -0.05) is 30.7 Å². The molecule has 0 spiro atoms. The number of carbonyl (C=O) groups is 2. The Hall–Kier alpha value is -2.66. The van der Waals surface area contributed by atoms with E-state index in [4.69, 9.17) is 16.3 Å². The first-order valence-corrected chi connectivity index (χ1v) is 8.67. The van der Waals surface area contributed by atoms with Crippen molar-refractivity contribution in [1.29, 1.82) is 0 Å². The molecular weight excluding hydrogens is 352 g/mol. The molecule has 1 aliphatic rings. The first-order valence-electron chi connectivity index (χ1n) is 8.29. The van der Waals surface area contributed by atoms with Crippen LogP contribution in [0.4, 0.5) is 5.69 Å². The summed E-state index contributed by atoms with van der Waals surface area (Å²) < 4.78 is 4.96. The van der Waals surface area contributed by atoms with Gasteiger partial charge in [-0.15, -0.1) is 0 Å². The normalized spacial score (nSPS) is 14.8. The van der Waals surface area contributed by atoms with Crippen LogP contribution in [0.15, 0.2) is 43.0 Å². The van der Waals surface area contributed by atoms with Crippen LogP contribution in [0.1, 0.15) is 41.0 Å². The zero-order valence-electron chi connectivity index (χ0n) is 14.4. The maximum Gasteiger partial charge on any atom is 0.317 e. The van der Waals surface area contributed by atoms with Crippen LogP contribution >= 0.6 is 11.6 Å². The monoisotopic (exact) mass is 370 g/mol. The van der Waals surface area contributed by atoms with Gasteiger partial charge in [0.2, 0.25) is 0 Å². The number of amides is 1. The van der Waals surface area contributed by atoms with Gasteiger partial charge in [0.1, 0.15) is 5.41 Å². The Morgan fingerprint density at radius 3 is 2.65 bits per heavy atom. The summed E-state index contributed by atoms with van der Waals surface area (Å²) in [5.41, 5.74) is 1.43. The maximum absolute atomic E-state index is 12.4. The van der Waals surface area contributed by atoms with Crippen LogP contribution in [0.3, 0.4) is 0 Å². The highest BCUT2D eigenvalue weighted by Gasteiger charge is 2.48. The molecule has 1 aromatic heterocycles. The predicted molar refractivity (Wildman–Crippen MR) is 101 cm³/mol. The van der Waals surface area contributed by atoms with Gasteiger partial charge >= 0.3 is 5.97 Å². The lowest BCUT2D eigenvalue weighted by molar-refractivity contribution is -0.151. The van der Waals surface area contributed by atoms with Crippen molar-refractivity contribution in [3.8, 4) is 0 Å². The van der Waals surface area contributed by atoms with E-state index in [1.165, 1.54) is 7.11 Å². The lowest BCUT2D eigenvalue weighted by atomic mass is 9.66. The standard InChI is InChI=1S/C20H19ClN2O3/c1-3-15-16(23-18(24)13-6-4-7-14(21)12-13)8-9-17(22-15)20(10-5-11-20)19(25)26-2/h3-4,6-9,12H,1,5,10-11H2,2H3,(H,23,24). The van der Waals surface area contributed by atoms with Crippen molar-refractivity contribution >= 4 is 35.2 Å². The summed E-state index contributed by atoms with van der Waals surface area (Å²) in [6.07, 6.45) is 3.92. The quantitative estimate of drug-likeness (QED) is 0.800. The Balaban J connectivity index is 1.89. The van der Waals surface area contributed by atoms with E-state index in [2.05, 4.69) is 16.9 Å². The summed E-state index contributed by atoms with van der Waals surface area (Å²) in [7, 11) is 1.39. The molecule has 0 atom stereocenters. The molecular formula is C20H19ClN2O3. The van der Waals surface area contributed by atoms with Gasteiger partial charge in [-0.25, -0.2) is 0 Å². The lowest BCUT2D eigenvalue weighted by Gasteiger charge is -2.38. The summed E-state index contributed by atoms with van der Waals surface area (Å²) in [6.45, 7) is 3.77. The Labute approximate surface area is 157 Å². The Bertz CT molecular complexity index is 875. The predicted octanol–water partition coefficient (Wildman–Crippen LogP) is 4.23. The second kappa shape index (κ2) is 7.30. The zero-order chi connectivity index (χ0) is 18.7. The second-order valence-corrected chi connectivity index (χ2v) is 6.66. The van der Waals surface area contributed by atoms with Gasteiger partial charge in [-0.3, -0.25) is 14.6 Å². The van der Waals surface area contributed by atoms with Gasteiger partial charge in [0.25, 0.3) is 5.91 Å². The fourth-order valence-corrected chi connectivity index (χ4v) is 3.31. The van der Waals surface area contributed by atoms with Gasteiger partial charge < -0.3 is 10.1 Å². The smallest absolute Gasteiger partial charge is 0.317 e. The molecule has 0 radical (unpaired) electrons. The number of pyridine rings is 1. The minimum atomic E-state index is -0.692. The van der Waals surface area contributed by atoms with Crippen molar-refractivity contribution in [2.24, 2.45) is 0 Å². The Kier molecular flexibility index (Phi) is 5.09. The minimum Gasteiger partial charge on any atom is -0.468 e. The van der Waals surface area contributed by atoms with Crippen molar-refractivity contribution < 1.29 is 14.3 Å². The number of carbonyl (C=O) groups excluding carboxylic acids is 2. The highest BCUT2D eigenvalue weighted by molar-refractivity contribution is 6.31. The summed E-state index contributed by atoms with van der Waals surface area (Å²) in [4.78, 5) is 29.2. The first kappa shape index (κ1) is 18.1. The third kappa shape index (κ3) is 3.22. The van der Waals surface area contributed by atoms with Gasteiger partial charge in [0.15, 0.2) is 0 Å². The van der Waals surface area contributed by atoms with E-state index in [1.54, 1.807) is 42.5 Å². The Morgan fingerprint density at radius 1 is 1.31 bits per heavy atom. The first-order chi connectivity index (χ1) is 12.5. The molecule has 1 fully saturated rings. The molecule has 5 nitrogen and oxygen atoms in total. The van der Waals surface area contributed by atoms with Crippen LogP contribution in [-0.4, -0.2) is 24.0 Å². The third-order valence-corrected chi connectivity index (χ3v) is 4.96. The van der Waals surface area contributed by atoms with Gasteiger partial charge in [-0.05, 0) is 49.2 Å². The average Bonchev–Trinajstić information content (AvgIpc) is 2.61. The number of ether oxygens (including phenoxy) is 1. The fourth-order valence-electron chi connectivity index (χ4n) is 3.12. The molecule has 134 valence electrons. The van der Waals surface area contributed by atoms with E-state index in [9.17, 15) is 9.59 Å². The number of benzene rings is 1. The molecule has 1 aliphatic carbocycles. The minimum absolute atomic E-state index is 0.276. The lowest BCUT2D eigenvalue weighted by Crippen LogP contribution is -2.44. The number of rotatable bonds is 5. The van der Waals surface area contributed by atoms with Crippen LogP contribution in [0.2, 0.25) is 5.02 Å². The molecule has 1 N–H and O–H groups in total. The van der Waals surface area contributed by atoms with Crippen molar-refractivity contribution in [3.05, 3.63) is 65.0 Å². The molecule has 1 heterocycles. The molecule has 3 rings (SSSR count). The molecule has 6 heteroatoms. The van der Waals surface area contributed by atoms with E-state index in [-0.39, 0.29) is 11.9 Å². The molecule has 1 amide bonds. The molecule has 2 aromatic rings. The van der Waals surface area contributed by atoms with Gasteiger partial charge in [0, 0.05) is 10.6 Å². The number of hydrogen-bond donors (Lipinski definition) is 1. The van der Waals surface area contributed by atoms with E-state index in [0.717, 1.165) is 6.42 Å². The molecule has 0 aliphatic heterocycles. The van der Waals surface area contributed by atoms with Crippen LogP contribution < -0.4 is 5.32 Å². The Morgan fingerprint density at radius 2 is 2.08 bits per heavy atom. The van der Waals surface area contributed by atoms with Crippen LogP contribution in [0.5, 0.6) is 0 Å². The van der Waals surface area contributed by atoms with E-state index >= 15 is 0 Å². The molecule has 26 heavy (non-hydrogen) atoms. The highest BCUT2D eigenvalue weighted by atomic mass is 35.5. The molecule has 0 saturated heterocycles. The number of hydrogen-bond acceptors (Lipinski definition) is 4. The largest absolute Gasteiger partial charge is 0.468 e. The third-order valence-electron chi connectivity index (χ3n) is 4.73. The van der Waals surface area contributed by atoms with Crippen molar-refractivity contribution in [2.45, 2.75) is 24.7 Å². The molecule has 0 unspecified atom stereocenters. The number of nitrogens with zero attached hydrogens (tertiary/aromatic N) is 1. The number of esters is 1. The van der Waals surface area contributed by atoms with Crippen molar-refractivity contribution in [2.75, 3.05) is 12.4 Å². The maximum atomic E-state index is 12.4. The molecule has 1 saturated carbocycles. The van der Waals surface area contributed by atoms with Gasteiger partial charge in [0.05, 0.1) is 24.2 Å². The number of methoxy groups -OCH3 is 1. The molecule has 1 aromatic carbocycles. The summed E-state index contributed by atoms with van der Waals surface area (Å²) >= 11 is 5.93. The van der Waals surface area contributed by atoms with Crippen LogP contribution in [0.25, 0.3) is 6.08 Å². The summed E-state index contributed by atoms with van der Waals surface area (Å²) in [5, 5.41) is 3.30. The number of anilines is 1. The number of halogens is 1. The molecule has 0 bridgehead atoms. The number of aromatic nitrogens is 1. The zero-order valence-corrected chi connectivity index (χ0v) is 15.2. The van der Waals surface area contributed by atoms with E-state index in [0.29, 0.717) is 40.5 Å². The van der Waals surface area contributed by atoms with Gasteiger partial charge in [-0.2, -0.15) is 0 Å². The summed E-state index contributed by atoms with van der Waals surface area (Å²) in [6, 6.07) is 10.2.